The summed E-state index contributed by atoms with van der Waals surface area (Å²) in [6.45, 7) is 4.46. The number of halogens is 1. The van der Waals surface area contributed by atoms with Crippen molar-refractivity contribution in [1.82, 2.24) is 0 Å². The molecule has 0 amide bonds. The second-order valence-corrected chi connectivity index (χ2v) is 6.74. The number of ether oxygens (including phenoxy) is 1. The smallest absolute Gasteiger partial charge is 0.372 e. The molecule has 0 atom stereocenters. The minimum atomic E-state index is -0.935. The van der Waals surface area contributed by atoms with Gasteiger partial charge in [0.2, 0.25) is 5.82 Å². The summed E-state index contributed by atoms with van der Waals surface area (Å²) in [5, 5.41) is 9.35. The first-order chi connectivity index (χ1) is 12.6. The number of benzene rings is 1. The minimum absolute atomic E-state index is 0.211. The monoisotopic (exact) mass is 364 g/mol. The molecule has 4 nitrogen and oxygen atoms in total. The van der Waals surface area contributed by atoms with E-state index < -0.39 is 11.4 Å². The molecular weight excluding hydrogens is 335 g/mol. The lowest BCUT2D eigenvalue weighted by molar-refractivity contribution is 0.274. The second kappa shape index (κ2) is 10.3. The molecule has 5 heteroatoms. The number of hydrogen-bond donors (Lipinski definition) is 1. The van der Waals surface area contributed by atoms with Crippen molar-refractivity contribution in [3.63, 3.8) is 0 Å². The maximum absolute atomic E-state index is 14.0. The van der Waals surface area contributed by atoms with Crippen molar-refractivity contribution in [2.75, 3.05) is 13.2 Å². The number of hydrogen-bond acceptors (Lipinski definition) is 4. The van der Waals surface area contributed by atoms with E-state index in [1.54, 1.807) is 6.92 Å². The molecule has 0 aliphatic carbocycles. The zero-order chi connectivity index (χ0) is 18.9. The molecule has 0 saturated heterocycles. The third kappa shape index (κ3) is 5.31. The SMILES string of the molecule is CCCCCc1cc(OCCCCCCO)c2c(C)c(F)c(=O)oc2c1. The fraction of sp³-hybridized carbons (Fsp3) is 0.571. The van der Waals surface area contributed by atoms with Gasteiger partial charge in [0.25, 0.3) is 0 Å². The van der Waals surface area contributed by atoms with Gasteiger partial charge in [0, 0.05) is 12.2 Å². The van der Waals surface area contributed by atoms with Gasteiger partial charge in [-0.1, -0.05) is 26.2 Å². The molecule has 0 bridgehead atoms. The van der Waals surface area contributed by atoms with Crippen LogP contribution in [0.5, 0.6) is 5.75 Å². The van der Waals surface area contributed by atoms with E-state index in [4.69, 9.17) is 14.3 Å². The van der Waals surface area contributed by atoms with Crippen LogP contribution in [-0.4, -0.2) is 18.3 Å². The Morgan fingerprint density at radius 2 is 1.88 bits per heavy atom. The lowest BCUT2D eigenvalue weighted by Gasteiger charge is -2.13. The van der Waals surface area contributed by atoms with E-state index in [1.807, 2.05) is 12.1 Å². The summed E-state index contributed by atoms with van der Waals surface area (Å²) in [6.07, 6.45) is 7.77. The average Bonchev–Trinajstić information content (AvgIpc) is 2.62. The van der Waals surface area contributed by atoms with Gasteiger partial charge < -0.3 is 14.3 Å². The summed E-state index contributed by atoms with van der Waals surface area (Å²) in [5.41, 5.74) is 0.760. The van der Waals surface area contributed by atoms with Crippen LogP contribution in [-0.2, 0) is 6.42 Å². The van der Waals surface area contributed by atoms with Gasteiger partial charge in [0.1, 0.15) is 11.3 Å². The first-order valence-electron chi connectivity index (χ1n) is 9.58. The Hall–Kier alpha value is -1.88. The lowest BCUT2D eigenvalue weighted by atomic mass is 10.0. The van der Waals surface area contributed by atoms with Crippen LogP contribution in [0.4, 0.5) is 4.39 Å². The summed E-state index contributed by atoms with van der Waals surface area (Å²) in [4.78, 5) is 11.7. The van der Waals surface area contributed by atoms with Gasteiger partial charge in [-0.3, -0.25) is 0 Å². The molecule has 1 aromatic carbocycles. The molecule has 1 N–H and O–H groups in total. The first-order valence-corrected chi connectivity index (χ1v) is 9.58. The van der Waals surface area contributed by atoms with Gasteiger partial charge in [-0.15, -0.1) is 0 Å². The standard InChI is InChI=1S/C21H29FO4/c1-3-4-7-10-16-13-17(25-12-9-6-5-8-11-23)19-15(2)20(22)21(24)26-18(19)14-16/h13-14,23H,3-12H2,1-2H3. The number of aryl methyl sites for hydroxylation is 2. The summed E-state index contributed by atoms with van der Waals surface area (Å²) >= 11 is 0. The van der Waals surface area contributed by atoms with E-state index in [2.05, 4.69) is 6.92 Å². The second-order valence-electron chi connectivity index (χ2n) is 6.74. The van der Waals surface area contributed by atoms with Crippen LogP contribution >= 0.6 is 0 Å². The van der Waals surface area contributed by atoms with Crippen molar-refractivity contribution in [3.8, 4) is 5.75 Å². The highest BCUT2D eigenvalue weighted by atomic mass is 19.1. The normalized spacial score (nSPS) is 11.2. The van der Waals surface area contributed by atoms with E-state index in [0.717, 1.165) is 56.9 Å². The predicted molar refractivity (Wildman–Crippen MR) is 101 cm³/mol. The molecule has 2 rings (SSSR count). The molecule has 1 heterocycles. The van der Waals surface area contributed by atoms with Crippen LogP contribution in [0.1, 0.15) is 63.0 Å². The topological polar surface area (TPSA) is 59.7 Å². The van der Waals surface area contributed by atoms with Crippen LogP contribution < -0.4 is 10.4 Å². The molecule has 2 aromatic rings. The molecule has 0 spiro atoms. The van der Waals surface area contributed by atoms with Crippen LogP contribution in [0.2, 0.25) is 0 Å². The van der Waals surface area contributed by atoms with Crippen molar-refractivity contribution in [3.05, 3.63) is 39.5 Å². The minimum Gasteiger partial charge on any atom is -0.493 e. The summed E-state index contributed by atoms with van der Waals surface area (Å²) in [5.74, 6) is -0.277. The Kier molecular flexibility index (Phi) is 8.10. The fourth-order valence-electron chi connectivity index (χ4n) is 3.09. The van der Waals surface area contributed by atoms with Crippen molar-refractivity contribution in [1.29, 1.82) is 0 Å². The van der Waals surface area contributed by atoms with E-state index in [-0.39, 0.29) is 12.2 Å². The highest BCUT2D eigenvalue weighted by molar-refractivity contribution is 5.87. The Bertz CT molecular complexity index is 767. The number of rotatable bonds is 11. The number of aliphatic hydroxyl groups excluding tert-OH is 1. The van der Waals surface area contributed by atoms with E-state index in [1.165, 1.54) is 0 Å². The average molecular weight is 364 g/mol. The summed E-state index contributed by atoms with van der Waals surface area (Å²) in [6, 6.07) is 3.77. The molecule has 1 aromatic heterocycles. The fourth-order valence-corrected chi connectivity index (χ4v) is 3.09. The largest absolute Gasteiger partial charge is 0.493 e. The molecule has 0 aliphatic rings. The van der Waals surface area contributed by atoms with E-state index in [9.17, 15) is 9.18 Å². The highest BCUT2D eigenvalue weighted by Gasteiger charge is 2.16. The van der Waals surface area contributed by atoms with Gasteiger partial charge >= 0.3 is 5.63 Å². The van der Waals surface area contributed by atoms with Gasteiger partial charge in [-0.25, -0.2) is 4.79 Å². The van der Waals surface area contributed by atoms with Crippen LogP contribution in [0, 0.1) is 12.7 Å². The van der Waals surface area contributed by atoms with Gasteiger partial charge in [-0.05, 0) is 56.7 Å². The number of aliphatic hydroxyl groups is 1. The zero-order valence-electron chi connectivity index (χ0n) is 15.8. The number of unbranched alkanes of at least 4 members (excludes halogenated alkanes) is 5. The molecule has 144 valence electrons. The Labute approximate surface area is 154 Å². The third-order valence-corrected chi connectivity index (χ3v) is 4.59. The predicted octanol–water partition coefficient (Wildman–Crippen LogP) is 4.90. The van der Waals surface area contributed by atoms with Crippen molar-refractivity contribution < 1.29 is 18.7 Å². The van der Waals surface area contributed by atoms with Crippen LogP contribution in [0.15, 0.2) is 21.3 Å². The highest BCUT2D eigenvalue weighted by Crippen LogP contribution is 2.31. The van der Waals surface area contributed by atoms with Gasteiger partial charge in [0.15, 0.2) is 0 Å². The molecule has 0 aliphatic heterocycles. The van der Waals surface area contributed by atoms with Gasteiger partial charge in [0.05, 0.1) is 12.0 Å². The van der Waals surface area contributed by atoms with E-state index >= 15 is 0 Å². The Balaban J connectivity index is 2.25. The molecule has 0 saturated carbocycles. The zero-order valence-corrected chi connectivity index (χ0v) is 15.8. The van der Waals surface area contributed by atoms with Crippen LogP contribution in [0.25, 0.3) is 11.0 Å². The Morgan fingerprint density at radius 3 is 2.62 bits per heavy atom. The molecular formula is C21H29FO4. The van der Waals surface area contributed by atoms with Crippen LogP contribution in [0.3, 0.4) is 0 Å². The summed E-state index contributed by atoms with van der Waals surface area (Å²) in [7, 11) is 0. The lowest BCUT2D eigenvalue weighted by Crippen LogP contribution is -2.09. The molecule has 0 unspecified atom stereocenters. The van der Waals surface area contributed by atoms with Crippen molar-refractivity contribution in [2.24, 2.45) is 0 Å². The summed E-state index contributed by atoms with van der Waals surface area (Å²) < 4.78 is 25.1. The van der Waals surface area contributed by atoms with Crippen molar-refractivity contribution >= 4 is 11.0 Å². The maximum atomic E-state index is 14.0. The van der Waals surface area contributed by atoms with Crippen molar-refractivity contribution in [2.45, 2.75) is 65.2 Å². The van der Waals surface area contributed by atoms with E-state index in [0.29, 0.717) is 23.3 Å². The number of fused-ring (bicyclic) bond motifs is 1. The van der Waals surface area contributed by atoms with Gasteiger partial charge in [-0.2, -0.15) is 4.39 Å². The third-order valence-electron chi connectivity index (χ3n) is 4.59. The molecule has 26 heavy (non-hydrogen) atoms. The first kappa shape index (κ1) is 20.4. The maximum Gasteiger partial charge on any atom is 0.372 e. The molecule has 0 fully saturated rings. The Morgan fingerprint density at radius 1 is 1.12 bits per heavy atom. The molecule has 0 radical (unpaired) electrons. The quantitative estimate of drug-likeness (QED) is 0.455.